The zero-order valence-corrected chi connectivity index (χ0v) is 11.2. The predicted molar refractivity (Wildman–Crippen MR) is 72.2 cm³/mol. The Bertz CT molecular complexity index is 431. The summed E-state index contributed by atoms with van der Waals surface area (Å²) in [6.07, 6.45) is 2.05. The summed E-state index contributed by atoms with van der Waals surface area (Å²) in [4.78, 5) is 1.34. The lowest BCUT2D eigenvalue weighted by Gasteiger charge is -2.05. The summed E-state index contributed by atoms with van der Waals surface area (Å²) >= 11 is 1.77. The molecule has 0 aliphatic rings. The lowest BCUT2D eigenvalue weighted by Crippen LogP contribution is -2.19. The quantitative estimate of drug-likeness (QED) is 0.853. The smallest absolute Gasteiger partial charge is 0.0762 e. The minimum Gasteiger partial charge on any atom is -0.311 e. The van der Waals surface area contributed by atoms with Gasteiger partial charge >= 0.3 is 0 Å². The molecule has 2 aromatic rings. The second-order valence-corrected chi connectivity index (χ2v) is 5.64. The van der Waals surface area contributed by atoms with E-state index in [0.29, 0.717) is 5.92 Å². The van der Waals surface area contributed by atoms with Crippen molar-refractivity contribution >= 4 is 11.3 Å². The van der Waals surface area contributed by atoms with Gasteiger partial charge in [0.15, 0.2) is 0 Å². The number of hydrogen-bond acceptors (Lipinski definition) is 3. The largest absolute Gasteiger partial charge is 0.311 e. The normalized spacial score (nSPS) is 11.2. The molecule has 17 heavy (non-hydrogen) atoms. The van der Waals surface area contributed by atoms with Crippen LogP contribution >= 0.6 is 11.3 Å². The van der Waals surface area contributed by atoms with Crippen LogP contribution in [-0.4, -0.2) is 16.3 Å². The molecule has 0 aromatic carbocycles. The second kappa shape index (κ2) is 5.98. The standard InChI is InChI=1S/C13H19N3S/c1-11(2)8-14-9-12-5-6-16(15-12)10-13-4-3-7-17-13/h3-7,11,14H,8-10H2,1-2H3. The Morgan fingerprint density at radius 3 is 3.00 bits per heavy atom. The highest BCUT2D eigenvalue weighted by molar-refractivity contribution is 7.09. The molecule has 0 saturated heterocycles. The lowest BCUT2D eigenvalue weighted by molar-refractivity contribution is 0.543. The van der Waals surface area contributed by atoms with Crippen molar-refractivity contribution in [2.45, 2.75) is 26.9 Å². The first kappa shape index (κ1) is 12.3. The third kappa shape index (κ3) is 3.98. The number of nitrogens with one attached hydrogen (secondary N) is 1. The van der Waals surface area contributed by atoms with E-state index >= 15 is 0 Å². The van der Waals surface area contributed by atoms with Crippen molar-refractivity contribution < 1.29 is 0 Å². The third-order valence-electron chi connectivity index (χ3n) is 2.45. The zero-order valence-electron chi connectivity index (χ0n) is 10.4. The molecule has 0 fully saturated rings. The SMILES string of the molecule is CC(C)CNCc1ccn(Cc2cccs2)n1. The van der Waals surface area contributed by atoms with Gasteiger partial charge in [0.25, 0.3) is 0 Å². The molecule has 92 valence electrons. The fourth-order valence-electron chi connectivity index (χ4n) is 1.64. The van der Waals surface area contributed by atoms with E-state index in [2.05, 4.69) is 47.8 Å². The monoisotopic (exact) mass is 249 g/mol. The maximum atomic E-state index is 4.54. The van der Waals surface area contributed by atoms with Gasteiger partial charge in [-0.3, -0.25) is 4.68 Å². The Hall–Kier alpha value is -1.13. The number of aromatic nitrogens is 2. The Labute approximate surface area is 106 Å². The molecule has 3 nitrogen and oxygen atoms in total. The van der Waals surface area contributed by atoms with Crippen molar-refractivity contribution in [1.29, 1.82) is 0 Å². The van der Waals surface area contributed by atoms with Crippen LogP contribution < -0.4 is 5.32 Å². The van der Waals surface area contributed by atoms with Crippen LogP contribution in [0.25, 0.3) is 0 Å². The van der Waals surface area contributed by atoms with Gasteiger partial charge in [0.05, 0.1) is 12.2 Å². The van der Waals surface area contributed by atoms with Crippen LogP contribution in [0.3, 0.4) is 0 Å². The second-order valence-electron chi connectivity index (χ2n) is 4.61. The Morgan fingerprint density at radius 1 is 1.41 bits per heavy atom. The molecule has 0 aliphatic heterocycles. The van der Waals surface area contributed by atoms with E-state index in [9.17, 15) is 0 Å². The van der Waals surface area contributed by atoms with E-state index in [1.165, 1.54) is 4.88 Å². The number of nitrogens with zero attached hydrogens (tertiary/aromatic N) is 2. The Kier molecular flexibility index (Phi) is 4.34. The van der Waals surface area contributed by atoms with Gasteiger partial charge in [-0.05, 0) is 30.0 Å². The minimum atomic E-state index is 0.684. The summed E-state index contributed by atoms with van der Waals surface area (Å²) in [5, 5.41) is 10.0. The molecule has 1 N–H and O–H groups in total. The zero-order chi connectivity index (χ0) is 12.1. The molecule has 0 amide bonds. The van der Waals surface area contributed by atoms with E-state index in [4.69, 9.17) is 0 Å². The highest BCUT2D eigenvalue weighted by Crippen LogP contribution is 2.10. The van der Waals surface area contributed by atoms with Gasteiger partial charge in [-0.25, -0.2) is 0 Å². The molecule has 0 spiro atoms. The maximum Gasteiger partial charge on any atom is 0.0762 e. The summed E-state index contributed by atoms with van der Waals surface area (Å²) in [5.74, 6) is 0.684. The first-order valence-corrected chi connectivity index (χ1v) is 6.87. The highest BCUT2D eigenvalue weighted by Gasteiger charge is 2.01. The van der Waals surface area contributed by atoms with Crippen molar-refractivity contribution in [3.8, 4) is 0 Å². The number of hydrogen-bond donors (Lipinski definition) is 1. The minimum absolute atomic E-state index is 0.684. The molecule has 0 aliphatic carbocycles. The molecule has 2 rings (SSSR count). The molecule has 0 radical (unpaired) electrons. The maximum absolute atomic E-state index is 4.54. The van der Waals surface area contributed by atoms with E-state index in [-0.39, 0.29) is 0 Å². The van der Waals surface area contributed by atoms with Crippen LogP contribution in [-0.2, 0) is 13.1 Å². The van der Waals surface area contributed by atoms with Gasteiger partial charge in [0, 0.05) is 17.6 Å². The fraction of sp³-hybridized carbons (Fsp3) is 0.462. The lowest BCUT2D eigenvalue weighted by atomic mass is 10.2. The molecule has 2 aromatic heterocycles. The number of rotatable bonds is 6. The number of thiophene rings is 1. The van der Waals surface area contributed by atoms with Gasteiger partial charge in [-0.2, -0.15) is 5.10 Å². The van der Waals surface area contributed by atoms with Crippen molar-refractivity contribution in [3.05, 3.63) is 40.3 Å². The summed E-state index contributed by atoms with van der Waals surface area (Å²) in [7, 11) is 0. The molecular formula is C13H19N3S. The first-order chi connectivity index (χ1) is 8.24. The summed E-state index contributed by atoms with van der Waals surface area (Å²) in [5.41, 5.74) is 1.11. The average molecular weight is 249 g/mol. The van der Waals surface area contributed by atoms with E-state index in [0.717, 1.165) is 25.3 Å². The van der Waals surface area contributed by atoms with Crippen LogP contribution in [0, 0.1) is 5.92 Å². The first-order valence-electron chi connectivity index (χ1n) is 5.99. The van der Waals surface area contributed by atoms with Crippen molar-refractivity contribution in [1.82, 2.24) is 15.1 Å². The van der Waals surface area contributed by atoms with Crippen LogP contribution in [0.5, 0.6) is 0 Å². The van der Waals surface area contributed by atoms with Gasteiger partial charge in [-0.15, -0.1) is 11.3 Å². The molecule has 0 bridgehead atoms. The summed E-state index contributed by atoms with van der Waals surface area (Å²) in [6, 6.07) is 6.30. The summed E-state index contributed by atoms with van der Waals surface area (Å²) in [6.45, 7) is 7.19. The van der Waals surface area contributed by atoms with Gasteiger partial charge < -0.3 is 5.32 Å². The third-order valence-corrected chi connectivity index (χ3v) is 3.31. The van der Waals surface area contributed by atoms with Crippen molar-refractivity contribution in [2.75, 3.05) is 6.54 Å². The van der Waals surface area contributed by atoms with Gasteiger partial charge in [0.1, 0.15) is 0 Å². The molecule has 2 heterocycles. The van der Waals surface area contributed by atoms with Crippen LogP contribution in [0.2, 0.25) is 0 Å². The summed E-state index contributed by atoms with van der Waals surface area (Å²) < 4.78 is 2.00. The van der Waals surface area contributed by atoms with Gasteiger partial charge in [0.2, 0.25) is 0 Å². The van der Waals surface area contributed by atoms with Crippen LogP contribution in [0.15, 0.2) is 29.8 Å². The van der Waals surface area contributed by atoms with Gasteiger partial charge in [-0.1, -0.05) is 19.9 Å². The molecule has 0 unspecified atom stereocenters. The highest BCUT2D eigenvalue weighted by atomic mass is 32.1. The molecular weight excluding hydrogens is 230 g/mol. The van der Waals surface area contributed by atoms with Crippen LogP contribution in [0.4, 0.5) is 0 Å². The van der Waals surface area contributed by atoms with Crippen LogP contribution in [0.1, 0.15) is 24.4 Å². The molecule has 4 heteroatoms. The van der Waals surface area contributed by atoms with E-state index in [1.54, 1.807) is 11.3 Å². The molecule has 0 saturated carbocycles. The fourth-order valence-corrected chi connectivity index (χ4v) is 2.33. The molecule has 0 atom stereocenters. The topological polar surface area (TPSA) is 29.9 Å². The average Bonchev–Trinajstić information content (AvgIpc) is 2.90. The van der Waals surface area contributed by atoms with E-state index in [1.807, 2.05) is 10.9 Å². The van der Waals surface area contributed by atoms with E-state index < -0.39 is 0 Å². The predicted octanol–water partition coefficient (Wildman–Crippen LogP) is 2.74. The Balaban J connectivity index is 1.83. The Morgan fingerprint density at radius 2 is 2.29 bits per heavy atom. The van der Waals surface area contributed by atoms with Crippen molar-refractivity contribution in [2.24, 2.45) is 5.92 Å². The van der Waals surface area contributed by atoms with Crippen molar-refractivity contribution in [3.63, 3.8) is 0 Å².